The van der Waals surface area contributed by atoms with Crippen molar-refractivity contribution < 1.29 is 9.32 Å². The predicted octanol–water partition coefficient (Wildman–Crippen LogP) is 3.36. The Morgan fingerprint density at radius 3 is 2.96 bits per heavy atom. The molecule has 1 N–H and O–H groups in total. The number of fused-ring (bicyclic) bond motifs is 1. The number of likely N-dealkylation sites (tertiary alicyclic amines) is 1. The number of nitrogens with zero attached hydrogens (tertiary/aromatic N) is 4. The molecule has 7 heteroatoms. The predicted molar refractivity (Wildman–Crippen MR) is 92.2 cm³/mol. The molecule has 1 aliphatic rings. The van der Waals surface area contributed by atoms with Gasteiger partial charge in [-0.1, -0.05) is 19.0 Å². The van der Waals surface area contributed by atoms with E-state index in [0.717, 1.165) is 29.7 Å². The molecule has 3 aromatic rings. The largest absolute Gasteiger partial charge is 0.342 e. The SMILES string of the molecule is Cc1nc2ccc(C(=O)N3CCC[C@@H]3c3nc(C(C)C)no3)cc2[nH]1. The molecule has 0 spiro atoms. The second kappa shape index (κ2) is 5.98. The van der Waals surface area contributed by atoms with Crippen LogP contribution in [0.5, 0.6) is 0 Å². The highest BCUT2D eigenvalue weighted by molar-refractivity contribution is 5.97. The van der Waals surface area contributed by atoms with Gasteiger partial charge in [-0.25, -0.2) is 4.98 Å². The molecule has 1 amide bonds. The van der Waals surface area contributed by atoms with Gasteiger partial charge in [-0.15, -0.1) is 0 Å². The lowest BCUT2D eigenvalue weighted by molar-refractivity contribution is 0.0710. The Morgan fingerprint density at radius 2 is 2.20 bits per heavy atom. The minimum absolute atomic E-state index is 0.0130. The molecular formula is C18H21N5O2. The third kappa shape index (κ3) is 2.79. The number of carbonyl (C=O) groups is 1. The van der Waals surface area contributed by atoms with Crippen molar-refractivity contribution in [1.82, 2.24) is 25.0 Å². The maximum atomic E-state index is 13.0. The molecule has 3 heterocycles. The quantitative estimate of drug-likeness (QED) is 0.790. The van der Waals surface area contributed by atoms with E-state index in [2.05, 4.69) is 20.1 Å². The molecule has 1 aromatic carbocycles. The number of hydrogen-bond acceptors (Lipinski definition) is 5. The summed E-state index contributed by atoms with van der Waals surface area (Å²) in [4.78, 5) is 26.9. The summed E-state index contributed by atoms with van der Waals surface area (Å²) in [5, 5.41) is 4.03. The van der Waals surface area contributed by atoms with Gasteiger partial charge in [0.25, 0.3) is 5.91 Å². The number of nitrogens with one attached hydrogen (secondary N) is 1. The molecule has 1 fully saturated rings. The zero-order chi connectivity index (χ0) is 17.6. The highest BCUT2D eigenvalue weighted by Crippen LogP contribution is 2.33. The number of carbonyl (C=O) groups excluding carboxylic acids is 1. The highest BCUT2D eigenvalue weighted by Gasteiger charge is 2.34. The number of aromatic amines is 1. The van der Waals surface area contributed by atoms with Gasteiger partial charge in [0.15, 0.2) is 5.82 Å². The van der Waals surface area contributed by atoms with Gasteiger partial charge in [-0.05, 0) is 38.0 Å². The van der Waals surface area contributed by atoms with E-state index < -0.39 is 0 Å². The van der Waals surface area contributed by atoms with Gasteiger partial charge in [-0.2, -0.15) is 4.98 Å². The fourth-order valence-electron chi connectivity index (χ4n) is 3.32. The molecular weight excluding hydrogens is 318 g/mol. The number of H-pyrrole nitrogens is 1. The van der Waals surface area contributed by atoms with Crippen molar-refractivity contribution >= 4 is 16.9 Å². The standard InChI is InChI=1S/C18H21N5O2/c1-10(2)16-21-17(25-22-16)15-5-4-8-23(15)18(24)12-6-7-13-14(9-12)20-11(3)19-13/h6-7,9-10,15H,4-5,8H2,1-3H3,(H,19,20)/t15-/m1/s1. The van der Waals surface area contributed by atoms with Crippen LogP contribution in [0.1, 0.15) is 66.5 Å². The van der Waals surface area contributed by atoms with E-state index in [-0.39, 0.29) is 17.9 Å². The average Bonchev–Trinajstić information content (AvgIpc) is 3.30. The number of amides is 1. The summed E-state index contributed by atoms with van der Waals surface area (Å²) in [6.45, 7) is 6.64. The van der Waals surface area contributed by atoms with Crippen molar-refractivity contribution in [3.8, 4) is 0 Å². The van der Waals surface area contributed by atoms with Gasteiger partial charge in [0.1, 0.15) is 11.9 Å². The average molecular weight is 339 g/mol. The monoisotopic (exact) mass is 339 g/mol. The molecule has 2 aromatic heterocycles. The summed E-state index contributed by atoms with van der Waals surface area (Å²) < 4.78 is 5.43. The van der Waals surface area contributed by atoms with Crippen molar-refractivity contribution in [3.05, 3.63) is 41.3 Å². The molecule has 130 valence electrons. The van der Waals surface area contributed by atoms with Crippen molar-refractivity contribution in [2.24, 2.45) is 0 Å². The third-order valence-electron chi connectivity index (χ3n) is 4.62. The van der Waals surface area contributed by atoms with Crippen LogP contribution in [0.15, 0.2) is 22.7 Å². The maximum absolute atomic E-state index is 13.0. The van der Waals surface area contributed by atoms with E-state index in [1.807, 2.05) is 43.9 Å². The van der Waals surface area contributed by atoms with Gasteiger partial charge in [0, 0.05) is 18.0 Å². The van der Waals surface area contributed by atoms with Crippen molar-refractivity contribution in [3.63, 3.8) is 0 Å². The van der Waals surface area contributed by atoms with Crippen LogP contribution in [0, 0.1) is 6.92 Å². The maximum Gasteiger partial charge on any atom is 0.254 e. The van der Waals surface area contributed by atoms with Crippen molar-refractivity contribution in [1.29, 1.82) is 0 Å². The minimum Gasteiger partial charge on any atom is -0.342 e. The Balaban J connectivity index is 1.62. The van der Waals surface area contributed by atoms with Crippen LogP contribution >= 0.6 is 0 Å². The summed E-state index contributed by atoms with van der Waals surface area (Å²) in [6.07, 6.45) is 1.78. The molecule has 0 aliphatic carbocycles. The molecule has 0 unspecified atom stereocenters. The van der Waals surface area contributed by atoms with Crippen LogP contribution < -0.4 is 0 Å². The molecule has 0 saturated carbocycles. The Hall–Kier alpha value is -2.70. The van der Waals surface area contributed by atoms with Gasteiger partial charge < -0.3 is 14.4 Å². The van der Waals surface area contributed by atoms with Crippen LogP contribution in [-0.2, 0) is 0 Å². The van der Waals surface area contributed by atoms with E-state index in [0.29, 0.717) is 23.8 Å². The minimum atomic E-state index is -0.147. The van der Waals surface area contributed by atoms with Gasteiger partial charge in [0.2, 0.25) is 5.89 Å². The van der Waals surface area contributed by atoms with Gasteiger partial charge in [-0.3, -0.25) is 4.79 Å². The first-order valence-corrected chi connectivity index (χ1v) is 8.64. The molecule has 1 saturated heterocycles. The first-order valence-electron chi connectivity index (χ1n) is 8.64. The van der Waals surface area contributed by atoms with Crippen molar-refractivity contribution in [2.75, 3.05) is 6.54 Å². The number of hydrogen-bond donors (Lipinski definition) is 1. The molecule has 0 radical (unpaired) electrons. The lowest BCUT2D eigenvalue weighted by Crippen LogP contribution is -2.30. The van der Waals surface area contributed by atoms with Gasteiger partial charge >= 0.3 is 0 Å². The normalized spacial score (nSPS) is 17.8. The molecule has 25 heavy (non-hydrogen) atoms. The first-order chi connectivity index (χ1) is 12.0. The van der Waals surface area contributed by atoms with Crippen LogP contribution in [-0.4, -0.2) is 37.5 Å². The lowest BCUT2D eigenvalue weighted by Gasteiger charge is -2.21. The van der Waals surface area contributed by atoms with Crippen LogP contribution in [0.4, 0.5) is 0 Å². The Kier molecular flexibility index (Phi) is 3.78. The van der Waals surface area contributed by atoms with Gasteiger partial charge in [0.05, 0.1) is 11.0 Å². The Labute approximate surface area is 145 Å². The van der Waals surface area contributed by atoms with E-state index >= 15 is 0 Å². The smallest absolute Gasteiger partial charge is 0.254 e. The fraction of sp³-hybridized carbons (Fsp3) is 0.444. The zero-order valence-corrected chi connectivity index (χ0v) is 14.6. The number of benzene rings is 1. The Bertz CT molecular complexity index is 927. The number of aryl methyl sites for hydroxylation is 1. The summed E-state index contributed by atoms with van der Waals surface area (Å²) in [5.41, 5.74) is 2.39. The molecule has 1 atom stereocenters. The topological polar surface area (TPSA) is 87.9 Å². The van der Waals surface area contributed by atoms with Crippen LogP contribution in [0.25, 0.3) is 11.0 Å². The number of imidazole rings is 1. The summed E-state index contributed by atoms with van der Waals surface area (Å²) >= 11 is 0. The van der Waals surface area contributed by atoms with E-state index in [1.54, 1.807) is 0 Å². The summed E-state index contributed by atoms with van der Waals surface area (Å²) in [5.74, 6) is 2.25. The third-order valence-corrected chi connectivity index (χ3v) is 4.62. The molecule has 0 bridgehead atoms. The molecule has 1 aliphatic heterocycles. The first kappa shape index (κ1) is 15.8. The van der Waals surface area contributed by atoms with E-state index in [1.165, 1.54) is 0 Å². The second-order valence-electron chi connectivity index (χ2n) is 6.86. The second-order valence-corrected chi connectivity index (χ2v) is 6.86. The van der Waals surface area contributed by atoms with Crippen molar-refractivity contribution in [2.45, 2.75) is 45.6 Å². The van der Waals surface area contributed by atoms with Crippen LogP contribution in [0.3, 0.4) is 0 Å². The Morgan fingerprint density at radius 1 is 1.36 bits per heavy atom. The molecule has 4 rings (SSSR count). The number of rotatable bonds is 3. The van der Waals surface area contributed by atoms with Crippen LogP contribution in [0.2, 0.25) is 0 Å². The number of aromatic nitrogens is 4. The summed E-state index contributed by atoms with van der Waals surface area (Å²) in [6, 6.07) is 5.42. The highest BCUT2D eigenvalue weighted by atomic mass is 16.5. The fourth-order valence-corrected chi connectivity index (χ4v) is 3.32. The molecule has 7 nitrogen and oxygen atoms in total. The lowest BCUT2D eigenvalue weighted by atomic mass is 10.1. The van der Waals surface area contributed by atoms with E-state index in [4.69, 9.17) is 4.52 Å². The summed E-state index contributed by atoms with van der Waals surface area (Å²) in [7, 11) is 0. The van der Waals surface area contributed by atoms with E-state index in [9.17, 15) is 4.79 Å². The zero-order valence-electron chi connectivity index (χ0n) is 14.6.